The molecule has 0 aliphatic rings. The molecule has 0 amide bonds. The first-order valence-electron chi connectivity index (χ1n) is 27.8. The van der Waals surface area contributed by atoms with Crippen molar-refractivity contribution in [2.45, 2.75) is 284 Å². The normalized spacial score (nSPS) is 12.5. The summed E-state index contributed by atoms with van der Waals surface area (Å²) in [6.45, 7) is 6.47. The molecule has 0 aromatic carbocycles. The first-order valence-corrected chi connectivity index (χ1v) is 27.8. The van der Waals surface area contributed by atoms with E-state index in [0.717, 1.165) is 109 Å². The summed E-state index contributed by atoms with van der Waals surface area (Å²) in [5.74, 6) is -0.898. The van der Waals surface area contributed by atoms with Crippen molar-refractivity contribution in [2.24, 2.45) is 0 Å². The van der Waals surface area contributed by atoms with Gasteiger partial charge in [-0.3, -0.25) is 14.4 Å². The van der Waals surface area contributed by atoms with Gasteiger partial charge < -0.3 is 14.2 Å². The van der Waals surface area contributed by atoms with Crippen molar-refractivity contribution >= 4 is 17.9 Å². The molecule has 0 radical (unpaired) electrons. The predicted octanol–water partition coefficient (Wildman–Crippen LogP) is 18.4. The summed E-state index contributed by atoms with van der Waals surface area (Å²) in [5.41, 5.74) is 0. The molecule has 0 N–H and O–H groups in total. The molecule has 0 rings (SSSR count). The minimum Gasteiger partial charge on any atom is -0.462 e. The van der Waals surface area contributed by atoms with Gasteiger partial charge in [0.1, 0.15) is 13.2 Å². The quantitative estimate of drug-likeness (QED) is 0.0262. The van der Waals surface area contributed by atoms with Crippen molar-refractivity contribution in [3.63, 3.8) is 0 Å². The fraction of sp³-hybridized carbons (Fsp3) is 0.780. The van der Waals surface area contributed by atoms with E-state index in [-0.39, 0.29) is 31.1 Å². The average molecular weight is 909 g/mol. The summed E-state index contributed by atoms with van der Waals surface area (Å²) in [7, 11) is 0. The Morgan fingerprint density at radius 2 is 0.600 bits per heavy atom. The highest BCUT2D eigenvalue weighted by atomic mass is 16.6. The van der Waals surface area contributed by atoms with Gasteiger partial charge in [0.25, 0.3) is 0 Å². The lowest BCUT2D eigenvalue weighted by atomic mass is 10.0. The van der Waals surface area contributed by atoms with Gasteiger partial charge in [0.05, 0.1) is 0 Å². The molecule has 0 aliphatic carbocycles. The van der Waals surface area contributed by atoms with Gasteiger partial charge in [-0.2, -0.15) is 0 Å². The summed E-state index contributed by atoms with van der Waals surface area (Å²) in [4.78, 5) is 37.8. The van der Waals surface area contributed by atoms with Gasteiger partial charge in [-0.25, -0.2) is 0 Å². The van der Waals surface area contributed by atoms with Crippen molar-refractivity contribution in [3.8, 4) is 0 Å². The number of unbranched alkanes of at least 4 members (excludes halogenated alkanes) is 29. The van der Waals surface area contributed by atoms with E-state index in [9.17, 15) is 14.4 Å². The molecule has 0 spiro atoms. The SMILES string of the molecule is CC/C=C\C/C=C\C/C=C\C/C=C\C/C=C\CCCCCCCC(=O)OCC(COC(=O)CCCCCCCC)OC(=O)CCCCCCCCCCCCCCCCCCCCCC. The van der Waals surface area contributed by atoms with Gasteiger partial charge in [0.15, 0.2) is 6.10 Å². The molecule has 0 saturated heterocycles. The smallest absolute Gasteiger partial charge is 0.306 e. The zero-order valence-electron chi connectivity index (χ0n) is 43.0. The molecule has 6 heteroatoms. The fourth-order valence-electron chi connectivity index (χ4n) is 7.88. The van der Waals surface area contributed by atoms with Crippen LogP contribution in [-0.4, -0.2) is 37.2 Å². The van der Waals surface area contributed by atoms with Crippen molar-refractivity contribution in [2.75, 3.05) is 13.2 Å². The van der Waals surface area contributed by atoms with E-state index in [0.29, 0.717) is 19.3 Å². The van der Waals surface area contributed by atoms with Crippen LogP contribution < -0.4 is 0 Å². The summed E-state index contributed by atoms with van der Waals surface area (Å²) in [6.07, 6.45) is 66.7. The molecule has 65 heavy (non-hydrogen) atoms. The number of rotatable bonds is 50. The monoisotopic (exact) mass is 909 g/mol. The Balaban J connectivity index is 4.19. The Kier molecular flexibility index (Phi) is 51.3. The third-order valence-electron chi connectivity index (χ3n) is 12.0. The number of ether oxygens (including phenoxy) is 3. The lowest BCUT2D eigenvalue weighted by Crippen LogP contribution is -2.30. The summed E-state index contributed by atoms with van der Waals surface area (Å²) < 4.78 is 16.7. The second kappa shape index (κ2) is 53.7. The molecule has 6 nitrogen and oxygen atoms in total. The first kappa shape index (κ1) is 62.1. The van der Waals surface area contributed by atoms with Gasteiger partial charge in [0, 0.05) is 19.3 Å². The van der Waals surface area contributed by atoms with E-state index in [4.69, 9.17) is 14.2 Å². The Hall–Kier alpha value is -2.89. The lowest BCUT2D eigenvalue weighted by Gasteiger charge is -2.18. The van der Waals surface area contributed by atoms with Crippen LogP contribution in [0.2, 0.25) is 0 Å². The molecule has 0 aliphatic heterocycles. The molecule has 0 bridgehead atoms. The topological polar surface area (TPSA) is 78.9 Å². The second-order valence-corrected chi connectivity index (χ2v) is 18.5. The zero-order valence-corrected chi connectivity index (χ0v) is 43.0. The van der Waals surface area contributed by atoms with Gasteiger partial charge in [-0.05, 0) is 64.2 Å². The van der Waals surface area contributed by atoms with Crippen LogP contribution in [0.3, 0.4) is 0 Å². The van der Waals surface area contributed by atoms with Crippen molar-refractivity contribution in [1.82, 2.24) is 0 Å². The number of hydrogen-bond acceptors (Lipinski definition) is 6. The van der Waals surface area contributed by atoms with E-state index >= 15 is 0 Å². The van der Waals surface area contributed by atoms with Crippen LogP contribution in [0.15, 0.2) is 60.8 Å². The van der Waals surface area contributed by atoms with Crippen LogP contribution in [0.4, 0.5) is 0 Å². The van der Waals surface area contributed by atoms with Crippen molar-refractivity contribution < 1.29 is 28.6 Å². The Morgan fingerprint density at radius 3 is 0.938 bits per heavy atom. The Morgan fingerprint density at radius 1 is 0.323 bits per heavy atom. The molecule has 0 saturated carbocycles. The highest BCUT2D eigenvalue weighted by Crippen LogP contribution is 2.16. The van der Waals surface area contributed by atoms with Crippen LogP contribution in [0.5, 0.6) is 0 Å². The maximum Gasteiger partial charge on any atom is 0.306 e. The van der Waals surface area contributed by atoms with Crippen LogP contribution in [0.25, 0.3) is 0 Å². The number of carbonyl (C=O) groups excluding carboxylic acids is 3. The minimum absolute atomic E-state index is 0.0785. The van der Waals surface area contributed by atoms with Gasteiger partial charge in [0.2, 0.25) is 0 Å². The minimum atomic E-state index is -0.777. The van der Waals surface area contributed by atoms with E-state index in [1.54, 1.807) is 0 Å². The van der Waals surface area contributed by atoms with E-state index in [1.165, 1.54) is 128 Å². The van der Waals surface area contributed by atoms with E-state index in [2.05, 4.69) is 81.5 Å². The molecule has 1 atom stereocenters. The largest absolute Gasteiger partial charge is 0.462 e. The summed E-state index contributed by atoms with van der Waals surface area (Å²) >= 11 is 0. The van der Waals surface area contributed by atoms with Crippen LogP contribution in [0.1, 0.15) is 278 Å². The summed E-state index contributed by atoms with van der Waals surface area (Å²) in [5, 5.41) is 0. The Bertz CT molecular complexity index is 1180. The number of carbonyl (C=O) groups is 3. The van der Waals surface area contributed by atoms with Crippen LogP contribution in [0, 0.1) is 0 Å². The van der Waals surface area contributed by atoms with E-state index < -0.39 is 6.10 Å². The van der Waals surface area contributed by atoms with Gasteiger partial charge in [-0.1, -0.05) is 255 Å². The Labute approximate surface area is 402 Å². The van der Waals surface area contributed by atoms with Crippen molar-refractivity contribution in [3.05, 3.63) is 60.8 Å². The van der Waals surface area contributed by atoms with Gasteiger partial charge in [-0.15, -0.1) is 0 Å². The third kappa shape index (κ3) is 51.9. The molecule has 1 unspecified atom stereocenters. The maximum atomic E-state index is 12.8. The number of allylic oxidation sites excluding steroid dienone is 10. The maximum absolute atomic E-state index is 12.8. The molecule has 0 aromatic rings. The number of esters is 3. The van der Waals surface area contributed by atoms with Crippen LogP contribution >= 0.6 is 0 Å². The molecule has 376 valence electrons. The molecular formula is C59H104O6. The average Bonchev–Trinajstić information content (AvgIpc) is 3.30. The number of hydrogen-bond donors (Lipinski definition) is 0. The highest BCUT2D eigenvalue weighted by molar-refractivity contribution is 5.71. The molecule has 0 aromatic heterocycles. The summed E-state index contributed by atoms with van der Waals surface area (Å²) in [6, 6.07) is 0. The standard InChI is InChI=1S/C59H104O6/c1-4-7-10-13-16-18-20-22-24-26-28-30-32-33-35-37-39-41-43-46-49-52-58(61)64-55-56(54-63-57(60)51-48-45-15-12-9-6-3)65-59(62)53-50-47-44-42-40-38-36-34-31-29-27-25-23-21-19-17-14-11-8-5-2/h7,10,16,18,22,24,28,30,33,35,56H,4-6,8-9,11-15,17,19-21,23,25-27,29,31-32,34,36-55H2,1-3H3/b10-7-,18-16-,24-22-,30-28-,35-33-. The zero-order chi connectivity index (χ0) is 47.2. The second-order valence-electron chi connectivity index (χ2n) is 18.5. The highest BCUT2D eigenvalue weighted by Gasteiger charge is 2.19. The van der Waals surface area contributed by atoms with Crippen LogP contribution in [-0.2, 0) is 28.6 Å². The van der Waals surface area contributed by atoms with Gasteiger partial charge >= 0.3 is 17.9 Å². The molecule has 0 heterocycles. The first-order chi connectivity index (χ1) is 32.0. The molecule has 0 fully saturated rings. The fourth-order valence-corrected chi connectivity index (χ4v) is 7.88. The van der Waals surface area contributed by atoms with Crippen molar-refractivity contribution in [1.29, 1.82) is 0 Å². The molecular weight excluding hydrogens is 805 g/mol. The third-order valence-corrected chi connectivity index (χ3v) is 12.0. The predicted molar refractivity (Wildman–Crippen MR) is 279 cm³/mol. The lowest BCUT2D eigenvalue weighted by molar-refractivity contribution is -0.167. The van der Waals surface area contributed by atoms with E-state index in [1.807, 2.05) is 0 Å².